The predicted octanol–water partition coefficient (Wildman–Crippen LogP) is 3.95. The van der Waals surface area contributed by atoms with E-state index in [4.69, 9.17) is 0 Å². The van der Waals surface area contributed by atoms with Crippen LogP contribution < -0.4 is 4.90 Å². The van der Waals surface area contributed by atoms with Crippen molar-refractivity contribution in [3.63, 3.8) is 0 Å². The number of halogens is 1. The summed E-state index contributed by atoms with van der Waals surface area (Å²) < 4.78 is 14.1. The van der Waals surface area contributed by atoms with Crippen LogP contribution in [-0.2, 0) is 0 Å². The van der Waals surface area contributed by atoms with Crippen molar-refractivity contribution in [1.82, 2.24) is 19.9 Å². The molecule has 2 atom stereocenters. The van der Waals surface area contributed by atoms with E-state index < -0.39 is 5.82 Å². The number of amides is 1. The van der Waals surface area contributed by atoms with E-state index in [1.807, 2.05) is 43.9 Å². The minimum absolute atomic E-state index is 0.159. The number of anilines is 1. The van der Waals surface area contributed by atoms with E-state index in [1.165, 1.54) is 12.1 Å². The molecule has 6 nitrogen and oxygen atoms in total. The topological polar surface area (TPSA) is 62.2 Å². The van der Waals surface area contributed by atoms with Gasteiger partial charge in [-0.1, -0.05) is 6.07 Å². The Bertz CT molecular complexity index is 1160. The van der Waals surface area contributed by atoms with Crippen LogP contribution in [0, 0.1) is 32.5 Å². The Morgan fingerprint density at radius 2 is 1.81 bits per heavy atom. The van der Waals surface area contributed by atoms with E-state index in [1.54, 1.807) is 12.3 Å². The summed E-state index contributed by atoms with van der Waals surface area (Å²) in [7, 11) is 0. The number of hydrogen-bond acceptors (Lipinski definition) is 5. The number of carbonyl (C=O) groups excluding carboxylic acids is 1. The van der Waals surface area contributed by atoms with Crippen LogP contribution in [0.25, 0.3) is 11.3 Å². The maximum Gasteiger partial charge on any atom is 0.254 e. The van der Waals surface area contributed by atoms with Gasteiger partial charge in [-0.15, -0.1) is 0 Å². The molecule has 2 aromatic heterocycles. The lowest BCUT2D eigenvalue weighted by atomic mass is 9.82. The highest BCUT2D eigenvalue weighted by Gasteiger charge is 2.45. The summed E-state index contributed by atoms with van der Waals surface area (Å²) in [5.41, 5.74) is 4.59. The molecule has 0 spiro atoms. The van der Waals surface area contributed by atoms with E-state index in [9.17, 15) is 9.18 Å². The zero-order valence-electron chi connectivity index (χ0n) is 18.5. The fourth-order valence-corrected chi connectivity index (χ4v) is 4.76. The van der Waals surface area contributed by atoms with Crippen LogP contribution >= 0.6 is 0 Å². The molecule has 4 heterocycles. The third-order valence-corrected chi connectivity index (χ3v) is 6.47. The molecule has 2 aliphatic rings. The number of piperidine rings is 1. The van der Waals surface area contributed by atoms with Crippen LogP contribution in [0.1, 0.15) is 33.7 Å². The summed E-state index contributed by atoms with van der Waals surface area (Å²) in [4.78, 5) is 31.2. The Hall–Kier alpha value is -3.35. The molecule has 2 aliphatic heterocycles. The van der Waals surface area contributed by atoms with Gasteiger partial charge >= 0.3 is 0 Å². The average molecular weight is 432 g/mol. The smallest absolute Gasteiger partial charge is 0.254 e. The number of nitrogens with zero attached hydrogens (tertiary/aromatic N) is 5. The lowest BCUT2D eigenvalue weighted by molar-refractivity contribution is 0.0589. The third-order valence-electron chi connectivity index (χ3n) is 6.47. The van der Waals surface area contributed by atoms with Gasteiger partial charge in [-0.2, -0.15) is 0 Å². The number of carbonyl (C=O) groups is 1. The molecule has 3 aromatic rings. The second-order valence-electron chi connectivity index (χ2n) is 8.88. The van der Waals surface area contributed by atoms with Gasteiger partial charge in [0, 0.05) is 48.7 Å². The standard InChI is InChI=1S/C25H26FN5O/c1-15-4-7-22(27-12-15)20-6-5-19(26)11-21(20)24(32)30-9-8-18-13-31(23(18)14-30)25-28-16(2)10-17(3)29-25/h4-7,10-12,18,23H,8-9,13-14H2,1-3H3. The zero-order chi connectivity index (χ0) is 22.4. The molecule has 1 aromatic carbocycles. The first kappa shape index (κ1) is 20.5. The SMILES string of the molecule is Cc1ccc(-c2ccc(F)cc2C(=O)N2CCC3CN(c4nc(C)cc(C)n4)C3C2)nc1. The quantitative estimate of drug-likeness (QED) is 0.628. The molecule has 2 saturated heterocycles. The average Bonchev–Trinajstić information content (AvgIpc) is 2.74. The molecule has 5 rings (SSSR count). The lowest BCUT2D eigenvalue weighted by Gasteiger charge is -2.53. The summed E-state index contributed by atoms with van der Waals surface area (Å²) in [5, 5.41) is 0. The molecule has 32 heavy (non-hydrogen) atoms. The van der Waals surface area contributed by atoms with Crippen molar-refractivity contribution < 1.29 is 9.18 Å². The maximum absolute atomic E-state index is 14.1. The van der Waals surface area contributed by atoms with Gasteiger partial charge in [0.25, 0.3) is 5.91 Å². The van der Waals surface area contributed by atoms with Crippen LogP contribution in [0.2, 0.25) is 0 Å². The number of likely N-dealkylation sites (tertiary alicyclic amines) is 1. The van der Waals surface area contributed by atoms with Gasteiger partial charge in [0.2, 0.25) is 5.95 Å². The van der Waals surface area contributed by atoms with Crippen molar-refractivity contribution >= 4 is 11.9 Å². The summed E-state index contributed by atoms with van der Waals surface area (Å²) in [6.07, 6.45) is 2.68. The highest BCUT2D eigenvalue weighted by molar-refractivity contribution is 6.00. The molecular formula is C25H26FN5O. The van der Waals surface area contributed by atoms with E-state index in [2.05, 4.69) is 19.9 Å². The van der Waals surface area contributed by atoms with Gasteiger partial charge in [-0.25, -0.2) is 14.4 Å². The van der Waals surface area contributed by atoms with Crippen LogP contribution in [0.15, 0.2) is 42.6 Å². The number of benzene rings is 1. The molecular weight excluding hydrogens is 405 g/mol. The Kier molecular flexibility index (Phi) is 5.12. The molecule has 0 N–H and O–H groups in total. The number of aryl methyl sites for hydroxylation is 3. The summed E-state index contributed by atoms with van der Waals surface area (Å²) in [6.45, 7) is 8.05. The first-order chi connectivity index (χ1) is 15.4. The number of rotatable bonds is 3. The van der Waals surface area contributed by atoms with Gasteiger partial charge in [0.15, 0.2) is 0 Å². The van der Waals surface area contributed by atoms with E-state index >= 15 is 0 Å². The summed E-state index contributed by atoms with van der Waals surface area (Å²) >= 11 is 0. The van der Waals surface area contributed by atoms with Crippen molar-refractivity contribution in [2.75, 3.05) is 24.5 Å². The minimum atomic E-state index is -0.423. The van der Waals surface area contributed by atoms with Crippen LogP contribution in [0.3, 0.4) is 0 Å². The fraction of sp³-hybridized carbons (Fsp3) is 0.360. The van der Waals surface area contributed by atoms with Crippen LogP contribution in [-0.4, -0.2) is 51.4 Å². The van der Waals surface area contributed by atoms with E-state index in [0.29, 0.717) is 35.8 Å². The highest BCUT2D eigenvalue weighted by atomic mass is 19.1. The van der Waals surface area contributed by atoms with Crippen LogP contribution in [0.4, 0.5) is 10.3 Å². The van der Waals surface area contributed by atoms with Gasteiger partial charge in [-0.05, 0) is 63.1 Å². The molecule has 0 aliphatic carbocycles. The van der Waals surface area contributed by atoms with Gasteiger partial charge in [-0.3, -0.25) is 9.78 Å². The monoisotopic (exact) mass is 431 g/mol. The minimum Gasteiger partial charge on any atom is -0.337 e. The second-order valence-corrected chi connectivity index (χ2v) is 8.88. The first-order valence-corrected chi connectivity index (χ1v) is 11.0. The van der Waals surface area contributed by atoms with Gasteiger partial charge in [0.1, 0.15) is 5.82 Å². The normalized spacial score (nSPS) is 20.0. The summed E-state index contributed by atoms with van der Waals surface area (Å²) in [6, 6.07) is 10.3. The molecule has 7 heteroatoms. The zero-order valence-corrected chi connectivity index (χ0v) is 18.5. The molecule has 0 radical (unpaired) electrons. The molecule has 164 valence electrons. The van der Waals surface area contributed by atoms with E-state index in [0.717, 1.165) is 35.9 Å². The predicted molar refractivity (Wildman–Crippen MR) is 121 cm³/mol. The lowest BCUT2D eigenvalue weighted by Crippen LogP contribution is -2.65. The Balaban J connectivity index is 1.41. The Labute approximate surface area is 187 Å². The van der Waals surface area contributed by atoms with Crippen molar-refractivity contribution in [1.29, 1.82) is 0 Å². The van der Waals surface area contributed by atoms with Crippen molar-refractivity contribution in [3.8, 4) is 11.3 Å². The van der Waals surface area contributed by atoms with Crippen molar-refractivity contribution in [2.24, 2.45) is 5.92 Å². The largest absolute Gasteiger partial charge is 0.337 e. The van der Waals surface area contributed by atoms with Gasteiger partial charge < -0.3 is 9.80 Å². The fourth-order valence-electron chi connectivity index (χ4n) is 4.76. The number of pyridine rings is 1. The van der Waals surface area contributed by atoms with E-state index in [-0.39, 0.29) is 11.9 Å². The maximum atomic E-state index is 14.1. The highest BCUT2D eigenvalue weighted by Crippen LogP contribution is 2.36. The first-order valence-electron chi connectivity index (χ1n) is 11.0. The molecule has 2 fully saturated rings. The third kappa shape index (κ3) is 3.72. The number of fused-ring (bicyclic) bond motifs is 1. The Morgan fingerprint density at radius 1 is 1.03 bits per heavy atom. The molecule has 0 bridgehead atoms. The second kappa shape index (κ2) is 7.97. The van der Waals surface area contributed by atoms with Crippen molar-refractivity contribution in [3.05, 3.63) is 70.9 Å². The molecule has 0 saturated carbocycles. The Morgan fingerprint density at radius 3 is 2.53 bits per heavy atom. The number of hydrogen-bond donors (Lipinski definition) is 0. The summed E-state index contributed by atoms with van der Waals surface area (Å²) in [5.74, 6) is 0.670. The molecule has 1 amide bonds. The molecule has 2 unspecified atom stereocenters. The number of aromatic nitrogens is 3. The van der Waals surface area contributed by atoms with Crippen molar-refractivity contribution in [2.45, 2.75) is 33.2 Å². The van der Waals surface area contributed by atoms with Crippen LogP contribution in [0.5, 0.6) is 0 Å². The van der Waals surface area contributed by atoms with Gasteiger partial charge in [0.05, 0.1) is 17.3 Å².